The van der Waals surface area contributed by atoms with Gasteiger partial charge in [-0.3, -0.25) is 14.5 Å². The maximum absolute atomic E-state index is 15.1. The van der Waals surface area contributed by atoms with Crippen LogP contribution in [-0.4, -0.2) is 41.9 Å². The zero-order valence-corrected chi connectivity index (χ0v) is 23.7. The highest BCUT2D eigenvalue weighted by Crippen LogP contribution is 2.38. The first-order valence-electron chi connectivity index (χ1n) is 13.3. The molecule has 0 unspecified atom stereocenters. The van der Waals surface area contributed by atoms with Gasteiger partial charge in [0.05, 0.1) is 23.1 Å². The van der Waals surface area contributed by atoms with Gasteiger partial charge in [-0.25, -0.2) is 10.2 Å². The summed E-state index contributed by atoms with van der Waals surface area (Å²) in [6.45, 7) is 6.43. The molecule has 0 saturated carbocycles. The largest absolute Gasteiger partial charge is 0.419 e. The van der Waals surface area contributed by atoms with Crippen molar-refractivity contribution in [3.05, 3.63) is 76.5 Å². The number of anilines is 3. The van der Waals surface area contributed by atoms with Crippen molar-refractivity contribution in [2.75, 3.05) is 35.4 Å². The molecule has 4 rings (SSSR count). The van der Waals surface area contributed by atoms with E-state index >= 15 is 4.39 Å². The van der Waals surface area contributed by atoms with Crippen molar-refractivity contribution in [2.45, 2.75) is 45.8 Å². The molecule has 1 aliphatic rings. The van der Waals surface area contributed by atoms with Crippen molar-refractivity contribution >= 4 is 28.5 Å². The lowest BCUT2D eigenvalue weighted by atomic mass is 10.0. The fourth-order valence-electron chi connectivity index (χ4n) is 4.99. The number of hydrogen-bond acceptors (Lipinski definition) is 6. The van der Waals surface area contributed by atoms with E-state index in [-0.39, 0.29) is 23.0 Å². The summed E-state index contributed by atoms with van der Waals surface area (Å²) < 4.78 is 58.2. The molecule has 1 aliphatic heterocycles. The minimum absolute atomic E-state index is 0.149. The summed E-state index contributed by atoms with van der Waals surface area (Å²) in [6.07, 6.45) is -0.168. The monoisotopic (exact) mass is 573 g/mol. The number of nitrogens with one attached hydrogen (secondary N) is 2. The third-order valence-corrected chi connectivity index (χ3v) is 7.60. The Bertz CT molecular complexity index is 1460. The number of aromatic nitrogens is 2. The van der Waals surface area contributed by atoms with Gasteiger partial charge in [-0.1, -0.05) is 6.07 Å². The summed E-state index contributed by atoms with van der Waals surface area (Å²) in [5.41, 5.74) is 2.45. The normalized spacial score (nSPS) is 14.9. The van der Waals surface area contributed by atoms with Crippen molar-refractivity contribution in [1.82, 2.24) is 15.1 Å². The van der Waals surface area contributed by atoms with Gasteiger partial charge in [0.1, 0.15) is 0 Å². The number of carbonyl (C=O) groups excluding carboxylic acids is 1. The van der Waals surface area contributed by atoms with E-state index in [1.807, 2.05) is 34.9 Å². The van der Waals surface area contributed by atoms with Gasteiger partial charge >= 0.3 is 6.18 Å². The molecule has 1 aromatic heterocycles. The van der Waals surface area contributed by atoms with Crippen LogP contribution in [0, 0.1) is 19.7 Å². The summed E-state index contributed by atoms with van der Waals surface area (Å²) in [4.78, 5) is 14.8. The Morgan fingerprint density at radius 2 is 1.85 bits per heavy atom. The molecule has 2 heterocycles. The molecule has 220 valence electrons. The number of aryl methyl sites for hydroxylation is 2. The highest BCUT2D eigenvalue weighted by molar-refractivity contribution is 6.05. The lowest BCUT2D eigenvalue weighted by Gasteiger charge is -2.34. The fourth-order valence-corrected chi connectivity index (χ4v) is 4.99. The Labute approximate surface area is 236 Å². The Morgan fingerprint density at radius 3 is 2.44 bits per heavy atom. The highest BCUT2D eigenvalue weighted by Gasteiger charge is 2.37. The molecular formula is C29H35F4N7O. The number of allylic oxidation sites excluding steroid dienone is 1. The molecule has 1 fully saturated rings. The van der Waals surface area contributed by atoms with Crippen LogP contribution >= 0.6 is 0 Å². The predicted octanol–water partition coefficient (Wildman–Crippen LogP) is 5.38. The Balaban J connectivity index is 1.61. The number of halogens is 4. The van der Waals surface area contributed by atoms with E-state index in [9.17, 15) is 18.0 Å². The second kappa shape index (κ2) is 11.9. The van der Waals surface area contributed by atoms with Gasteiger partial charge in [0.25, 0.3) is 5.91 Å². The van der Waals surface area contributed by atoms with Crippen molar-refractivity contribution in [3.8, 4) is 0 Å². The van der Waals surface area contributed by atoms with E-state index in [1.54, 1.807) is 40.2 Å². The topological polar surface area (TPSA) is 91.4 Å². The number of alkyl halides is 3. The Hall–Kier alpha value is -3.90. The van der Waals surface area contributed by atoms with Gasteiger partial charge in [-0.15, -0.1) is 0 Å². The van der Waals surface area contributed by atoms with Crippen LogP contribution in [0.5, 0.6) is 0 Å². The summed E-state index contributed by atoms with van der Waals surface area (Å²) in [7, 11) is 3.66. The van der Waals surface area contributed by atoms with Crippen LogP contribution in [0.25, 0.3) is 5.57 Å². The summed E-state index contributed by atoms with van der Waals surface area (Å²) in [5.74, 6) is 4.34. The number of carbonyl (C=O) groups is 1. The fraction of sp³-hybridized carbons (Fsp3) is 0.379. The van der Waals surface area contributed by atoms with E-state index < -0.39 is 23.5 Å². The molecule has 0 aliphatic carbocycles. The molecule has 2 aromatic carbocycles. The molecule has 1 amide bonds. The molecule has 41 heavy (non-hydrogen) atoms. The molecule has 3 aromatic rings. The minimum Gasteiger partial charge on any atom is -0.369 e. The zero-order valence-electron chi connectivity index (χ0n) is 23.7. The average Bonchev–Trinajstić information content (AvgIpc) is 3.26. The van der Waals surface area contributed by atoms with Crippen LogP contribution in [0.3, 0.4) is 0 Å². The molecule has 0 radical (unpaired) electrons. The number of benzene rings is 2. The minimum atomic E-state index is -4.93. The van der Waals surface area contributed by atoms with Crippen LogP contribution in [0.2, 0.25) is 0 Å². The first kappa shape index (κ1) is 30.1. The lowest BCUT2D eigenvalue weighted by Crippen LogP contribution is -2.41. The average molecular weight is 574 g/mol. The van der Waals surface area contributed by atoms with Crippen LogP contribution in [0.1, 0.15) is 52.5 Å². The third-order valence-electron chi connectivity index (χ3n) is 7.60. The van der Waals surface area contributed by atoms with Crippen molar-refractivity contribution in [3.63, 3.8) is 0 Å². The van der Waals surface area contributed by atoms with E-state index in [4.69, 9.17) is 5.84 Å². The summed E-state index contributed by atoms with van der Waals surface area (Å²) in [5, 5.41) is 11.3. The van der Waals surface area contributed by atoms with Gasteiger partial charge in [0, 0.05) is 54.9 Å². The van der Waals surface area contributed by atoms with Crippen molar-refractivity contribution in [2.24, 2.45) is 12.9 Å². The molecule has 12 heteroatoms. The van der Waals surface area contributed by atoms with Crippen LogP contribution < -0.4 is 26.4 Å². The number of hydrazine groups is 1. The predicted molar refractivity (Wildman–Crippen MR) is 153 cm³/mol. The van der Waals surface area contributed by atoms with Gasteiger partial charge < -0.3 is 15.5 Å². The molecule has 0 spiro atoms. The number of piperidine rings is 1. The molecule has 0 atom stereocenters. The van der Waals surface area contributed by atoms with E-state index in [0.29, 0.717) is 37.7 Å². The maximum Gasteiger partial charge on any atom is 0.419 e. The van der Waals surface area contributed by atoms with Gasteiger partial charge in [0.2, 0.25) is 0 Å². The zero-order chi connectivity index (χ0) is 30.1. The quantitative estimate of drug-likeness (QED) is 0.200. The molecular weight excluding hydrogens is 538 g/mol. The van der Waals surface area contributed by atoms with Crippen LogP contribution in [0.15, 0.2) is 42.7 Å². The summed E-state index contributed by atoms with van der Waals surface area (Å²) >= 11 is 0. The second-order valence-corrected chi connectivity index (χ2v) is 10.3. The first-order chi connectivity index (χ1) is 19.3. The molecule has 8 nitrogen and oxygen atoms in total. The third kappa shape index (κ3) is 6.54. The van der Waals surface area contributed by atoms with Gasteiger partial charge in [-0.05, 0) is 76.1 Å². The molecule has 1 saturated heterocycles. The van der Waals surface area contributed by atoms with Crippen LogP contribution in [0.4, 0.5) is 34.6 Å². The number of hydrogen-bond donors (Lipinski definition) is 3. The number of nitrogens with zero attached hydrogens (tertiary/aromatic N) is 4. The first-order valence-corrected chi connectivity index (χ1v) is 13.3. The second-order valence-electron chi connectivity index (χ2n) is 10.3. The molecule has 4 N–H and O–H groups in total. The number of amides is 1. The van der Waals surface area contributed by atoms with Crippen molar-refractivity contribution < 1.29 is 22.4 Å². The van der Waals surface area contributed by atoms with Gasteiger partial charge in [-0.2, -0.15) is 18.3 Å². The maximum atomic E-state index is 15.1. The Kier molecular flexibility index (Phi) is 8.74. The number of nitrogens with two attached hydrogens (primary N) is 1. The standard InChI is InChI=1S/C29H35F4N7O/c1-17-6-7-20(12-25(17)40(34)16-18(2)23-15-36-38(5)19(23)3)28(41)37-22-13-24(29(31,32)33)27(30)26(14-22)39-10-8-21(35-4)9-11-39/h6-7,12-16,21,35H,8-11,34H2,1-5H3,(H,37,41)/b18-16+. The Morgan fingerprint density at radius 1 is 1.17 bits per heavy atom. The van der Waals surface area contributed by atoms with E-state index in [1.165, 1.54) is 11.1 Å². The summed E-state index contributed by atoms with van der Waals surface area (Å²) in [6, 6.07) is 6.91. The van der Waals surface area contributed by atoms with Crippen LogP contribution in [-0.2, 0) is 13.2 Å². The van der Waals surface area contributed by atoms with Crippen molar-refractivity contribution in [1.29, 1.82) is 0 Å². The SMILES string of the molecule is CNC1CCN(c2cc(NC(=O)c3ccc(C)c(N(N)/C=C(\C)c4cnn(C)c4C)c3)cc(C(F)(F)F)c2F)CC1. The highest BCUT2D eigenvalue weighted by atomic mass is 19.4. The van der Waals surface area contributed by atoms with Gasteiger partial charge in [0.15, 0.2) is 5.82 Å². The number of rotatable bonds is 7. The molecule has 0 bridgehead atoms. The smallest absolute Gasteiger partial charge is 0.369 e. The lowest BCUT2D eigenvalue weighted by molar-refractivity contribution is -0.139. The van der Waals surface area contributed by atoms with E-state index in [2.05, 4.69) is 15.7 Å². The van der Waals surface area contributed by atoms with E-state index in [0.717, 1.165) is 22.4 Å².